The lowest BCUT2D eigenvalue weighted by Gasteiger charge is -2.12. The predicted molar refractivity (Wildman–Crippen MR) is 108 cm³/mol. The Morgan fingerprint density at radius 2 is 1.86 bits per heavy atom. The molecular weight excluding hydrogens is 380 g/mol. The van der Waals surface area contributed by atoms with Gasteiger partial charge in [-0.15, -0.1) is 0 Å². The lowest BCUT2D eigenvalue weighted by atomic mass is 10.0. The van der Waals surface area contributed by atoms with Gasteiger partial charge in [-0.3, -0.25) is 0 Å². The number of nitrogens with one attached hydrogen (secondary N) is 1. The van der Waals surface area contributed by atoms with Crippen LogP contribution in [-0.2, 0) is 0 Å². The normalized spacial score (nSPS) is 12.2. The van der Waals surface area contributed by atoms with E-state index in [9.17, 15) is 5.11 Å². The minimum Gasteiger partial charge on any atom is -0.507 e. The summed E-state index contributed by atoms with van der Waals surface area (Å²) >= 11 is 6.12. The third-order valence-corrected chi connectivity index (χ3v) is 4.64. The molecule has 0 fully saturated rings. The average Bonchev–Trinajstić information content (AvgIpc) is 3.17. The lowest BCUT2D eigenvalue weighted by molar-refractivity contribution is 0.174. The summed E-state index contributed by atoms with van der Waals surface area (Å²) < 4.78 is 10.9. The zero-order valence-corrected chi connectivity index (χ0v) is 15.7. The van der Waals surface area contributed by atoms with E-state index in [1.165, 1.54) is 0 Å². The number of aliphatic hydroxyl groups is 1. The highest BCUT2D eigenvalue weighted by molar-refractivity contribution is 6.31. The lowest BCUT2D eigenvalue weighted by Crippen LogP contribution is -2.05. The van der Waals surface area contributed by atoms with Crippen LogP contribution in [-0.4, -0.2) is 35.1 Å². The summed E-state index contributed by atoms with van der Waals surface area (Å²) in [6, 6.07) is 14.4. The van der Waals surface area contributed by atoms with Gasteiger partial charge in [-0.25, -0.2) is 4.98 Å². The molecule has 0 amide bonds. The summed E-state index contributed by atoms with van der Waals surface area (Å²) in [5.74, 6) is 2.14. The molecule has 1 aliphatic heterocycles. The molecule has 2 aromatic carbocycles. The number of pyridine rings is 1. The first-order valence-corrected chi connectivity index (χ1v) is 9.27. The van der Waals surface area contributed by atoms with Crippen molar-refractivity contribution in [1.82, 2.24) is 4.98 Å². The molecule has 6 nitrogen and oxygen atoms in total. The van der Waals surface area contributed by atoms with Crippen molar-refractivity contribution < 1.29 is 19.7 Å². The van der Waals surface area contributed by atoms with E-state index in [0.29, 0.717) is 46.6 Å². The minimum absolute atomic E-state index is 0.0940. The van der Waals surface area contributed by atoms with Crippen LogP contribution < -0.4 is 14.8 Å². The number of rotatable bonds is 6. The van der Waals surface area contributed by atoms with Crippen molar-refractivity contribution in [1.29, 1.82) is 0 Å². The molecule has 1 aliphatic rings. The molecule has 7 heteroatoms. The first kappa shape index (κ1) is 18.4. The topological polar surface area (TPSA) is 83.8 Å². The van der Waals surface area contributed by atoms with Crippen LogP contribution in [0.15, 0.2) is 48.5 Å². The molecule has 0 spiro atoms. The van der Waals surface area contributed by atoms with Crippen LogP contribution in [0.5, 0.6) is 17.2 Å². The van der Waals surface area contributed by atoms with Crippen LogP contribution in [0.3, 0.4) is 0 Å². The summed E-state index contributed by atoms with van der Waals surface area (Å²) in [5.41, 5.74) is 2.95. The van der Waals surface area contributed by atoms with Gasteiger partial charge in [0.1, 0.15) is 11.6 Å². The highest BCUT2D eigenvalue weighted by Crippen LogP contribution is 2.38. The molecular formula is C21H19ClN2O4. The van der Waals surface area contributed by atoms with Gasteiger partial charge in [-0.2, -0.15) is 0 Å². The van der Waals surface area contributed by atoms with Gasteiger partial charge < -0.3 is 25.0 Å². The number of aromatic hydroxyl groups is 1. The second-order valence-corrected chi connectivity index (χ2v) is 6.80. The number of anilines is 1. The van der Waals surface area contributed by atoms with Crippen LogP contribution >= 0.6 is 11.6 Å². The standard InChI is InChI=1S/C21H19ClN2O4/c22-15-3-4-18(26)16(11-15)17-8-14(10-21(24-17)23-6-1-7-25)13-2-5-19-20(9-13)28-12-27-19/h2-5,8-11,25-26H,1,6-7,12H2,(H,23,24). The van der Waals surface area contributed by atoms with Gasteiger partial charge in [0, 0.05) is 23.7 Å². The second kappa shape index (κ2) is 7.96. The second-order valence-electron chi connectivity index (χ2n) is 6.36. The van der Waals surface area contributed by atoms with Crippen LogP contribution in [0.4, 0.5) is 5.82 Å². The number of phenols is 1. The summed E-state index contributed by atoms with van der Waals surface area (Å²) in [6.45, 7) is 0.886. The smallest absolute Gasteiger partial charge is 0.231 e. The Labute approximate surface area is 167 Å². The summed E-state index contributed by atoms with van der Waals surface area (Å²) in [6.07, 6.45) is 0.605. The highest BCUT2D eigenvalue weighted by atomic mass is 35.5. The van der Waals surface area contributed by atoms with Crippen molar-refractivity contribution in [3.8, 4) is 39.6 Å². The summed E-state index contributed by atoms with van der Waals surface area (Å²) in [5, 5.41) is 23.0. The SMILES string of the molecule is OCCCNc1cc(-c2ccc3c(c2)OCO3)cc(-c2cc(Cl)ccc2O)n1. The Balaban J connectivity index is 1.79. The zero-order chi connectivity index (χ0) is 19.5. The molecule has 3 N–H and O–H groups in total. The number of phenolic OH excluding ortho intramolecular Hbond substituents is 1. The third kappa shape index (κ3) is 3.83. The predicted octanol–water partition coefficient (Wildman–Crippen LogP) is 4.30. The first-order chi connectivity index (χ1) is 13.6. The molecule has 0 aliphatic carbocycles. The maximum Gasteiger partial charge on any atom is 0.231 e. The fourth-order valence-corrected chi connectivity index (χ4v) is 3.18. The van der Waals surface area contributed by atoms with Gasteiger partial charge in [0.25, 0.3) is 0 Å². The maximum absolute atomic E-state index is 10.3. The van der Waals surface area contributed by atoms with E-state index >= 15 is 0 Å². The molecule has 4 rings (SSSR count). The maximum atomic E-state index is 10.3. The number of hydrogen-bond donors (Lipinski definition) is 3. The Morgan fingerprint density at radius 1 is 1.00 bits per heavy atom. The van der Waals surface area contributed by atoms with Crippen molar-refractivity contribution in [3.05, 3.63) is 53.6 Å². The molecule has 0 bridgehead atoms. The van der Waals surface area contributed by atoms with Gasteiger partial charge in [0.2, 0.25) is 6.79 Å². The third-order valence-electron chi connectivity index (χ3n) is 4.41. The molecule has 28 heavy (non-hydrogen) atoms. The number of nitrogens with zero attached hydrogens (tertiary/aromatic N) is 1. The molecule has 0 saturated carbocycles. The van der Waals surface area contributed by atoms with Crippen molar-refractivity contribution >= 4 is 17.4 Å². The van der Waals surface area contributed by atoms with Crippen molar-refractivity contribution in [3.63, 3.8) is 0 Å². The zero-order valence-electron chi connectivity index (χ0n) is 15.0. The largest absolute Gasteiger partial charge is 0.507 e. The van der Waals surface area contributed by atoms with Crippen LogP contribution in [0, 0.1) is 0 Å². The van der Waals surface area contributed by atoms with E-state index in [1.807, 2.05) is 30.3 Å². The quantitative estimate of drug-likeness (QED) is 0.537. The Kier molecular flexibility index (Phi) is 5.23. The monoisotopic (exact) mass is 398 g/mol. The van der Waals surface area contributed by atoms with Crippen molar-refractivity contribution in [2.24, 2.45) is 0 Å². The van der Waals surface area contributed by atoms with E-state index in [-0.39, 0.29) is 19.1 Å². The Morgan fingerprint density at radius 3 is 2.71 bits per heavy atom. The number of aliphatic hydroxyl groups excluding tert-OH is 1. The highest BCUT2D eigenvalue weighted by Gasteiger charge is 2.16. The molecule has 0 atom stereocenters. The molecule has 144 valence electrons. The van der Waals surface area contributed by atoms with E-state index in [1.54, 1.807) is 18.2 Å². The van der Waals surface area contributed by atoms with Crippen LogP contribution in [0.1, 0.15) is 6.42 Å². The van der Waals surface area contributed by atoms with E-state index in [2.05, 4.69) is 10.3 Å². The Bertz CT molecular complexity index is 1010. The van der Waals surface area contributed by atoms with E-state index < -0.39 is 0 Å². The number of ether oxygens (including phenoxy) is 2. The molecule has 2 heterocycles. The summed E-state index contributed by atoms with van der Waals surface area (Å²) in [4.78, 5) is 4.61. The number of fused-ring (bicyclic) bond motifs is 1. The fraction of sp³-hybridized carbons (Fsp3) is 0.190. The molecule has 3 aromatic rings. The molecule has 0 unspecified atom stereocenters. The van der Waals surface area contributed by atoms with Crippen LogP contribution in [0.25, 0.3) is 22.4 Å². The summed E-state index contributed by atoms with van der Waals surface area (Å²) in [7, 11) is 0. The van der Waals surface area contributed by atoms with Crippen molar-refractivity contribution in [2.75, 3.05) is 25.3 Å². The van der Waals surface area contributed by atoms with E-state index in [0.717, 1.165) is 11.1 Å². The van der Waals surface area contributed by atoms with Crippen molar-refractivity contribution in [2.45, 2.75) is 6.42 Å². The van der Waals surface area contributed by atoms with Gasteiger partial charge in [0.05, 0.1) is 5.69 Å². The van der Waals surface area contributed by atoms with Gasteiger partial charge >= 0.3 is 0 Å². The van der Waals surface area contributed by atoms with Gasteiger partial charge in [-0.1, -0.05) is 17.7 Å². The van der Waals surface area contributed by atoms with Gasteiger partial charge in [0.15, 0.2) is 11.5 Å². The number of benzene rings is 2. The average molecular weight is 399 g/mol. The number of halogens is 1. The first-order valence-electron chi connectivity index (χ1n) is 8.90. The minimum atomic E-state index is 0.0940. The molecule has 1 aromatic heterocycles. The van der Waals surface area contributed by atoms with Crippen LogP contribution in [0.2, 0.25) is 5.02 Å². The number of hydrogen-bond acceptors (Lipinski definition) is 6. The van der Waals surface area contributed by atoms with Gasteiger partial charge in [-0.05, 0) is 60.0 Å². The van der Waals surface area contributed by atoms with E-state index in [4.69, 9.17) is 26.2 Å². The fourth-order valence-electron chi connectivity index (χ4n) is 3.01. The molecule has 0 radical (unpaired) electrons. The Hall–Kier alpha value is -2.96. The number of aromatic nitrogens is 1. The molecule has 0 saturated heterocycles.